The predicted octanol–water partition coefficient (Wildman–Crippen LogP) is 1.27. The number of piperidine rings is 1. The van der Waals surface area contributed by atoms with Crippen molar-refractivity contribution in [3.63, 3.8) is 0 Å². The third kappa shape index (κ3) is 2.65. The molecule has 0 aromatic carbocycles. The fraction of sp³-hybridized carbons (Fsp3) is 0.636. The second-order valence-corrected chi connectivity index (χ2v) is 4.10. The molecule has 1 aromatic heterocycles. The maximum atomic E-state index is 10.9. The molecule has 2 rings (SSSR count). The summed E-state index contributed by atoms with van der Waals surface area (Å²) in [6.45, 7) is 3.58. The van der Waals surface area contributed by atoms with Crippen LogP contribution in [-0.4, -0.2) is 23.9 Å². The minimum atomic E-state index is 0.122. The van der Waals surface area contributed by atoms with Crippen molar-refractivity contribution >= 4 is 5.78 Å². The molecule has 0 radical (unpaired) electrons. The van der Waals surface area contributed by atoms with Gasteiger partial charge in [-0.25, -0.2) is 4.98 Å². The van der Waals surface area contributed by atoms with E-state index in [1.165, 1.54) is 0 Å². The molecular weight excluding hydrogens is 192 g/mol. The summed E-state index contributed by atoms with van der Waals surface area (Å²) in [5, 5.41) is 3.32. The van der Waals surface area contributed by atoms with Crippen molar-refractivity contribution < 1.29 is 9.21 Å². The average molecular weight is 208 g/mol. The number of Topliss-reactive ketones (excluding diaryl/α,β-unsaturated/α-hetero) is 1. The molecule has 15 heavy (non-hydrogen) atoms. The summed E-state index contributed by atoms with van der Waals surface area (Å²) < 4.78 is 5.40. The van der Waals surface area contributed by atoms with Gasteiger partial charge in [0, 0.05) is 12.5 Å². The summed E-state index contributed by atoms with van der Waals surface area (Å²) in [4.78, 5) is 15.3. The van der Waals surface area contributed by atoms with E-state index in [1.54, 1.807) is 13.2 Å². The topological polar surface area (TPSA) is 55.1 Å². The Kier molecular flexibility index (Phi) is 3.16. The van der Waals surface area contributed by atoms with Crippen LogP contribution in [-0.2, 0) is 11.2 Å². The van der Waals surface area contributed by atoms with Gasteiger partial charge < -0.3 is 9.73 Å². The number of oxazole rings is 1. The van der Waals surface area contributed by atoms with Gasteiger partial charge >= 0.3 is 0 Å². The molecule has 4 heteroatoms. The maximum absolute atomic E-state index is 10.9. The van der Waals surface area contributed by atoms with Crippen molar-refractivity contribution in [1.29, 1.82) is 0 Å². The van der Waals surface area contributed by atoms with Gasteiger partial charge in [0.15, 0.2) is 5.89 Å². The molecule has 2 heterocycles. The summed E-state index contributed by atoms with van der Waals surface area (Å²) in [7, 11) is 0. The lowest BCUT2D eigenvalue weighted by Gasteiger charge is -2.19. The van der Waals surface area contributed by atoms with Gasteiger partial charge in [0.25, 0.3) is 0 Å². The molecule has 1 N–H and O–H groups in total. The zero-order valence-electron chi connectivity index (χ0n) is 8.95. The van der Waals surface area contributed by atoms with Crippen LogP contribution in [0.1, 0.15) is 37.3 Å². The predicted molar refractivity (Wildman–Crippen MR) is 55.7 cm³/mol. The van der Waals surface area contributed by atoms with E-state index in [4.69, 9.17) is 4.42 Å². The zero-order valence-corrected chi connectivity index (χ0v) is 8.95. The first-order valence-corrected chi connectivity index (χ1v) is 5.40. The molecule has 82 valence electrons. The van der Waals surface area contributed by atoms with Crippen LogP contribution < -0.4 is 5.32 Å². The number of rotatable bonds is 3. The molecule has 1 aromatic rings. The van der Waals surface area contributed by atoms with Crippen molar-refractivity contribution in [2.75, 3.05) is 13.1 Å². The van der Waals surface area contributed by atoms with E-state index < -0.39 is 0 Å². The fourth-order valence-corrected chi connectivity index (χ4v) is 1.91. The average Bonchev–Trinajstić information content (AvgIpc) is 2.67. The molecule has 0 bridgehead atoms. The van der Waals surface area contributed by atoms with Gasteiger partial charge in [-0.1, -0.05) is 0 Å². The lowest BCUT2D eigenvalue weighted by atomic mass is 10.00. The molecule has 0 spiro atoms. The number of nitrogens with zero attached hydrogens (tertiary/aromatic N) is 1. The second kappa shape index (κ2) is 4.57. The van der Waals surface area contributed by atoms with Crippen LogP contribution in [0, 0.1) is 0 Å². The Hall–Kier alpha value is -1.16. The largest absolute Gasteiger partial charge is 0.448 e. The molecule has 0 aliphatic carbocycles. The van der Waals surface area contributed by atoms with Gasteiger partial charge in [-0.15, -0.1) is 0 Å². The number of hydrogen-bond acceptors (Lipinski definition) is 4. The van der Waals surface area contributed by atoms with Crippen LogP contribution in [0.4, 0.5) is 0 Å². The second-order valence-electron chi connectivity index (χ2n) is 4.10. The van der Waals surface area contributed by atoms with Gasteiger partial charge in [-0.3, -0.25) is 4.79 Å². The number of hydrogen-bond donors (Lipinski definition) is 1. The van der Waals surface area contributed by atoms with Crippen molar-refractivity contribution in [2.24, 2.45) is 0 Å². The Bertz CT molecular complexity index is 340. The molecule has 1 aliphatic rings. The minimum absolute atomic E-state index is 0.122. The lowest BCUT2D eigenvalue weighted by Crippen LogP contribution is -2.28. The van der Waals surface area contributed by atoms with E-state index in [-0.39, 0.29) is 5.78 Å². The highest BCUT2D eigenvalue weighted by Crippen LogP contribution is 2.22. The van der Waals surface area contributed by atoms with Gasteiger partial charge in [-0.05, 0) is 26.3 Å². The molecule has 0 amide bonds. The first kappa shape index (κ1) is 10.4. The van der Waals surface area contributed by atoms with E-state index in [9.17, 15) is 4.79 Å². The summed E-state index contributed by atoms with van der Waals surface area (Å²) >= 11 is 0. The van der Waals surface area contributed by atoms with E-state index in [2.05, 4.69) is 10.3 Å². The van der Waals surface area contributed by atoms with E-state index in [1.807, 2.05) is 0 Å². The van der Waals surface area contributed by atoms with Crippen LogP contribution in [0.15, 0.2) is 10.7 Å². The zero-order chi connectivity index (χ0) is 10.7. The third-order valence-corrected chi connectivity index (χ3v) is 2.65. The smallest absolute Gasteiger partial charge is 0.198 e. The summed E-state index contributed by atoms with van der Waals surface area (Å²) in [5.41, 5.74) is 0.753. The highest BCUT2D eigenvalue weighted by atomic mass is 16.3. The van der Waals surface area contributed by atoms with Crippen molar-refractivity contribution in [2.45, 2.75) is 32.1 Å². The Balaban J connectivity index is 2.02. The maximum Gasteiger partial charge on any atom is 0.198 e. The molecule has 1 atom stereocenters. The van der Waals surface area contributed by atoms with Crippen molar-refractivity contribution in [3.8, 4) is 0 Å². The van der Waals surface area contributed by atoms with Crippen LogP contribution in [0.2, 0.25) is 0 Å². The summed E-state index contributed by atoms with van der Waals surface area (Å²) in [5.74, 6) is 1.27. The van der Waals surface area contributed by atoms with Gasteiger partial charge in [0.05, 0.1) is 12.1 Å². The van der Waals surface area contributed by atoms with Gasteiger partial charge in [-0.2, -0.15) is 0 Å². The van der Waals surface area contributed by atoms with E-state index >= 15 is 0 Å². The number of carbonyl (C=O) groups is 1. The highest BCUT2D eigenvalue weighted by Gasteiger charge is 2.20. The van der Waals surface area contributed by atoms with Crippen LogP contribution in [0.5, 0.6) is 0 Å². The Morgan fingerprint density at radius 1 is 1.73 bits per heavy atom. The lowest BCUT2D eigenvalue weighted by molar-refractivity contribution is -0.116. The molecule has 4 nitrogen and oxygen atoms in total. The quantitative estimate of drug-likeness (QED) is 0.812. The molecule has 1 saturated heterocycles. The normalized spacial score (nSPS) is 21.5. The highest BCUT2D eigenvalue weighted by molar-refractivity contribution is 5.77. The standard InChI is InChI=1S/C11H16N2O2/c1-8(14)5-10-7-15-11(13-10)9-3-2-4-12-6-9/h7,9,12H,2-6H2,1H3. The molecule has 1 unspecified atom stereocenters. The Morgan fingerprint density at radius 2 is 2.60 bits per heavy atom. The van der Waals surface area contributed by atoms with Gasteiger partial charge in [0.1, 0.15) is 12.0 Å². The number of carbonyl (C=O) groups excluding carboxylic acids is 1. The number of nitrogens with one attached hydrogen (secondary N) is 1. The van der Waals surface area contributed by atoms with Gasteiger partial charge in [0.2, 0.25) is 0 Å². The molecule has 1 aliphatic heterocycles. The van der Waals surface area contributed by atoms with Crippen molar-refractivity contribution in [1.82, 2.24) is 10.3 Å². The molecule has 0 saturated carbocycles. The third-order valence-electron chi connectivity index (χ3n) is 2.65. The number of ketones is 1. The summed E-state index contributed by atoms with van der Waals surface area (Å²) in [6.07, 6.45) is 4.26. The minimum Gasteiger partial charge on any atom is -0.448 e. The van der Waals surface area contributed by atoms with Crippen LogP contribution in [0.25, 0.3) is 0 Å². The van der Waals surface area contributed by atoms with E-state index in [0.29, 0.717) is 12.3 Å². The van der Waals surface area contributed by atoms with Crippen molar-refractivity contribution in [3.05, 3.63) is 17.8 Å². The number of aromatic nitrogens is 1. The Morgan fingerprint density at radius 3 is 3.27 bits per heavy atom. The fourth-order valence-electron chi connectivity index (χ4n) is 1.91. The monoisotopic (exact) mass is 208 g/mol. The van der Waals surface area contributed by atoms with Crippen LogP contribution in [0.3, 0.4) is 0 Å². The van der Waals surface area contributed by atoms with Crippen LogP contribution >= 0.6 is 0 Å². The first-order chi connectivity index (χ1) is 7.25. The van der Waals surface area contributed by atoms with E-state index in [0.717, 1.165) is 37.5 Å². The molecular formula is C11H16N2O2. The summed E-state index contributed by atoms with van der Waals surface area (Å²) in [6, 6.07) is 0. The first-order valence-electron chi connectivity index (χ1n) is 5.40. The molecule has 1 fully saturated rings. The Labute approximate surface area is 89.1 Å². The SMILES string of the molecule is CC(=O)Cc1coc(C2CCCNC2)n1.